The van der Waals surface area contributed by atoms with Gasteiger partial charge in [-0.25, -0.2) is 0 Å². The zero-order valence-electron chi connectivity index (χ0n) is 16.5. The van der Waals surface area contributed by atoms with Crippen LogP contribution in [0.1, 0.15) is 33.3 Å². The van der Waals surface area contributed by atoms with Gasteiger partial charge in [-0.05, 0) is 38.5 Å². The molecule has 0 radical (unpaired) electrons. The molecule has 4 N–H and O–H groups in total. The summed E-state index contributed by atoms with van der Waals surface area (Å²) in [7, 11) is 0. The van der Waals surface area contributed by atoms with Crippen LogP contribution in [0.2, 0.25) is 0 Å². The first-order valence-electron chi connectivity index (χ1n) is 8.77. The van der Waals surface area contributed by atoms with E-state index in [0.717, 1.165) is 5.56 Å². The molecule has 0 bridgehead atoms. The molecule has 1 aromatic rings. The topological polar surface area (TPSA) is 134 Å². The molecule has 1 aromatic carbocycles. The Bertz CT molecular complexity index is 709. The van der Waals surface area contributed by atoms with E-state index in [0.29, 0.717) is 5.75 Å². The van der Waals surface area contributed by atoms with Gasteiger partial charge in [0.05, 0.1) is 6.54 Å². The van der Waals surface area contributed by atoms with Gasteiger partial charge in [-0.15, -0.1) is 0 Å². The number of aliphatic carboxylic acids is 1. The minimum absolute atomic E-state index is 0.220. The molecular weight excluding hydrogens is 366 g/mol. The number of hydrogen-bond donors (Lipinski definition) is 4. The van der Waals surface area contributed by atoms with E-state index in [1.165, 1.54) is 6.92 Å². The maximum atomic E-state index is 12.3. The summed E-state index contributed by atoms with van der Waals surface area (Å²) in [4.78, 5) is 45.7. The van der Waals surface area contributed by atoms with Crippen LogP contribution < -0.4 is 20.7 Å². The second kappa shape index (κ2) is 10.3. The number of carboxylic acid groups (broad SMARTS) is 1. The first kappa shape index (κ1) is 22.9. The third-order valence-corrected chi connectivity index (χ3v) is 3.34. The van der Waals surface area contributed by atoms with Crippen molar-refractivity contribution in [1.29, 1.82) is 0 Å². The first-order chi connectivity index (χ1) is 13.0. The number of carbonyl (C=O) groups is 4. The van der Waals surface area contributed by atoms with Gasteiger partial charge in [-0.3, -0.25) is 19.2 Å². The Morgan fingerprint density at radius 2 is 1.64 bits per heavy atom. The van der Waals surface area contributed by atoms with E-state index < -0.39 is 30.4 Å². The van der Waals surface area contributed by atoms with E-state index in [1.54, 1.807) is 24.3 Å². The Morgan fingerprint density at radius 1 is 1.04 bits per heavy atom. The molecule has 9 nitrogen and oxygen atoms in total. The molecule has 3 amide bonds. The Morgan fingerprint density at radius 3 is 2.14 bits per heavy atom. The predicted molar refractivity (Wildman–Crippen MR) is 102 cm³/mol. The minimum Gasteiger partial charge on any atom is -0.488 e. The van der Waals surface area contributed by atoms with Gasteiger partial charge in [0.25, 0.3) is 0 Å². The van der Waals surface area contributed by atoms with Crippen LogP contribution in [0.5, 0.6) is 5.75 Å². The van der Waals surface area contributed by atoms with Crippen LogP contribution in [-0.2, 0) is 25.6 Å². The molecule has 0 aliphatic heterocycles. The SMILES string of the molecule is CC(=O)NC(Cc1ccc(OC(C)(C)C)cc1)C(=O)NCC(=O)NCC(=O)O. The van der Waals surface area contributed by atoms with E-state index in [1.807, 2.05) is 20.8 Å². The summed E-state index contributed by atoms with van der Waals surface area (Å²) in [6.07, 6.45) is 0.220. The van der Waals surface area contributed by atoms with E-state index in [-0.39, 0.29) is 24.5 Å². The molecule has 0 aliphatic rings. The highest BCUT2D eigenvalue weighted by Crippen LogP contribution is 2.19. The van der Waals surface area contributed by atoms with Crippen LogP contribution in [0.4, 0.5) is 0 Å². The van der Waals surface area contributed by atoms with Crippen LogP contribution >= 0.6 is 0 Å². The molecule has 154 valence electrons. The minimum atomic E-state index is -1.19. The van der Waals surface area contributed by atoms with Gasteiger partial charge in [0.2, 0.25) is 17.7 Å². The number of nitrogens with one attached hydrogen (secondary N) is 3. The summed E-state index contributed by atoms with van der Waals surface area (Å²) in [6, 6.07) is 6.27. The highest BCUT2D eigenvalue weighted by atomic mass is 16.5. The molecule has 0 aliphatic carbocycles. The van der Waals surface area contributed by atoms with Crippen LogP contribution in [-0.4, -0.2) is 53.5 Å². The van der Waals surface area contributed by atoms with E-state index >= 15 is 0 Å². The standard InChI is InChI=1S/C19H27N3O6/c1-12(23)22-15(18(27)21-10-16(24)20-11-17(25)26)9-13-5-7-14(8-6-13)28-19(2,3)4/h5-8,15H,9-11H2,1-4H3,(H,20,24)(H,21,27)(H,22,23)(H,25,26). The van der Waals surface area contributed by atoms with Crippen molar-refractivity contribution in [2.75, 3.05) is 13.1 Å². The number of benzene rings is 1. The Labute approximate surface area is 163 Å². The summed E-state index contributed by atoms with van der Waals surface area (Å²) in [5, 5.41) is 15.6. The molecule has 0 fully saturated rings. The fraction of sp³-hybridized carbons (Fsp3) is 0.474. The predicted octanol–water partition coefficient (Wildman–Crippen LogP) is 0.228. The number of amides is 3. The lowest BCUT2D eigenvalue weighted by Gasteiger charge is -2.22. The van der Waals surface area contributed by atoms with Crippen molar-refractivity contribution < 1.29 is 29.0 Å². The molecule has 0 saturated heterocycles. The quantitative estimate of drug-likeness (QED) is 0.474. The lowest BCUT2D eigenvalue weighted by Crippen LogP contribution is -2.49. The van der Waals surface area contributed by atoms with Crippen molar-refractivity contribution >= 4 is 23.7 Å². The van der Waals surface area contributed by atoms with Crippen LogP contribution in [0.25, 0.3) is 0 Å². The van der Waals surface area contributed by atoms with Gasteiger partial charge in [0, 0.05) is 13.3 Å². The van der Waals surface area contributed by atoms with Crippen molar-refractivity contribution in [3.05, 3.63) is 29.8 Å². The maximum absolute atomic E-state index is 12.3. The number of ether oxygens (including phenoxy) is 1. The highest BCUT2D eigenvalue weighted by molar-refractivity contribution is 5.91. The van der Waals surface area contributed by atoms with Crippen molar-refractivity contribution in [3.8, 4) is 5.75 Å². The third kappa shape index (κ3) is 9.56. The monoisotopic (exact) mass is 393 g/mol. The van der Waals surface area contributed by atoms with Gasteiger partial charge < -0.3 is 25.8 Å². The molecule has 9 heteroatoms. The number of rotatable bonds is 9. The van der Waals surface area contributed by atoms with Gasteiger partial charge >= 0.3 is 5.97 Å². The molecule has 0 spiro atoms. The van der Waals surface area contributed by atoms with E-state index in [4.69, 9.17) is 9.84 Å². The molecular formula is C19H27N3O6. The first-order valence-corrected chi connectivity index (χ1v) is 8.77. The number of hydrogen-bond acceptors (Lipinski definition) is 5. The summed E-state index contributed by atoms with van der Waals surface area (Å²) in [5.41, 5.74) is 0.465. The second-order valence-electron chi connectivity index (χ2n) is 7.20. The van der Waals surface area contributed by atoms with Gasteiger partial charge in [-0.2, -0.15) is 0 Å². The van der Waals surface area contributed by atoms with Crippen molar-refractivity contribution in [2.45, 2.75) is 45.8 Å². The number of carbonyl (C=O) groups excluding carboxylic acids is 3. The van der Waals surface area contributed by atoms with Crippen LogP contribution in [0.15, 0.2) is 24.3 Å². The molecule has 0 aromatic heterocycles. The lowest BCUT2D eigenvalue weighted by molar-refractivity contribution is -0.138. The normalized spacial score (nSPS) is 11.9. The van der Waals surface area contributed by atoms with E-state index in [9.17, 15) is 19.2 Å². The molecule has 0 heterocycles. The molecule has 1 rings (SSSR count). The fourth-order valence-corrected chi connectivity index (χ4v) is 2.26. The number of carboxylic acids is 1. The Balaban J connectivity index is 2.69. The zero-order chi connectivity index (χ0) is 21.3. The Kier molecular flexibility index (Phi) is 8.43. The molecule has 1 atom stereocenters. The summed E-state index contributed by atoms with van der Waals surface area (Å²) >= 11 is 0. The van der Waals surface area contributed by atoms with Gasteiger partial charge in [0.1, 0.15) is 23.9 Å². The molecule has 0 saturated carbocycles. The lowest BCUT2D eigenvalue weighted by atomic mass is 10.0. The zero-order valence-corrected chi connectivity index (χ0v) is 16.5. The highest BCUT2D eigenvalue weighted by Gasteiger charge is 2.21. The Hall–Kier alpha value is -3.10. The third-order valence-electron chi connectivity index (χ3n) is 3.34. The average Bonchev–Trinajstić information content (AvgIpc) is 2.57. The molecule has 28 heavy (non-hydrogen) atoms. The summed E-state index contributed by atoms with van der Waals surface area (Å²) in [5.74, 6) is -2.07. The summed E-state index contributed by atoms with van der Waals surface area (Å²) < 4.78 is 5.74. The fourth-order valence-electron chi connectivity index (χ4n) is 2.26. The molecule has 1 unspecified atom stereocenters. The van der Waals surface area contributed by atoms with Crippen LogP contribution in [0, 0.1) is 0 Å². The average molecular weight is 393 g/mol. The largest absolute Gasteiger partial charge is 0.488 e. The van der Waals surface area contributed by atoms with E-state index in [2.05, 4.69) is 16.0 Å². The second-order valence-corrected chi connectivity index (χ2v) is 7.20. The maximum Gasteiger partial charge on any atom is 0.322 e. The van der Waals surface area contributed by atoms with Gasteiger partial charge in [0.15, 0.2) is 0 Å². The van der Waals surface area contributed by atoms with Crippen LogP contribution in [0.3, 0.4) is 0 Å². The smallest absolute Gasteiger partial charge is 0.322 e. The summed E-state index contributed by atoms with van der Waals surface area (Å²) in [6.45, 7) is 6.17. The van der Waals surface area contributed by atoms with Crippen molar-refractivity contribution in [2.24, 2.45) is 0 Å². The van der Waals surface area contributed by atoms with Crippen molar-refractivity contribution in [1.82, 2.24) is 16.0 Å². The van der Waals surface area contributed by atoms with Gasteiger partial charge in [-0.1, -0.05) is 12.1 Å². The van der Waals surface area contributed by atoms with Crippen molar-refractivity contribution in [3.63, 3.8) is 0 Å².